The molecule has 2 saturated carbocycles. The number of amides is 2. The van der Waals surface area contributed by atoms with E-state index >= 15 is 0 Å². The van der Waals surface area contributed by atoms with Crippen LogP contribution in [0.4, 0.5) is 0 Å². The van der Waals surface area contributed by atoms with Gasteiger partial charge in [-0.2, -0.15) is 0 Å². The summed E-state index contributed by atoms with van der Waals surface area (Å²) < 4.78 is 5.01. The number of nitrogens with one attached hydrogen (secondary N) is 2. The second-order valence-electron chi connectivity index (χ2n) is 9.80. The first kappa shape index (κ1) is 27.9. The van der Waals surface area contributed by atoms with E-state index < -0.39 is 47.8 Å². The monoisotopic (exact) mass is 518 g/mol. The van der Waals surface area contributed by atoms with Crippen LogP contribution in [0.15, 0.2) is 24.3 Å². The van der Waals surface area contributed by atoms with E-state index in [0.29, 0.717) is 18.5 Å². The smallest absolute Gasteiger partial charge is 0.356 e. The molecule has 2 amide bonds. The number of carbonyl (C=O) groups is 5. The van der Waals surface area contributed by atoms with Crippen molar-refractivity contribution < 1.29 is 44.0 Å². The van der Waals surface area contributed by atoms with Gasteiger partial charge in [0.05, 0.1) is 11.8 Å². The van der Waals surface area contributed by atoms with Crippen LogP contribution in [-0.4, -0.2) is 63.7 Å². The van der Waals surface area contributed by atoms with E-state index in [9.17, 15) is 29.1 Å². The van der Waals surface area contributed by atoms with E-state index in [-0.39, 0.29) is 29.9 Å². The van der Waals surface area contributed by atoms with Gasteiger partial charge < -0.3 is 30.7 Å². The predicted molar refractivity (Wildman–Crippen MR) is 130 cm³/mol. The highest BCUT2D eigenvalue weighted by molar-refractivity contribution is 5.96. The van der Waals surface area contributed by atoms with Crippen LogP contribution in [0, 0.1) is 23.7 Å². The van der Waals surface area contributed by atoms with Gasteiger partial charge in [0.1, 0.15) is 11.8 Å². The molecule has 11 nitrogen and oxygen atoms in total. The maximum atomic E-state index is 13.2. The number of hydrogen-bond acceptors (Lipinski definition) is 6. The minimum Gasteiger partial charge on any atom is -0.481 e. The number of carbonyl (C=O) groups excluding carboxylic acids is 2. The van der Waals surface area contributed by atoms with E-state index in [2.05, 4.69) is 10.6 Å². The molecule has 2 fully saturated rings. The van der Waals surface area contributed by atoms with Gasteiger partial charge in [0.25, 0.3) is 6.10 Å². The third-order valence-corrected chi connectivity index (χ3v) is 7.28. The summed E-state index contributed by atoms with van der Waals surface area (Å²) in [5.41, 5.74) is 0.617. The number of ether oxygens (including phenoxy) is 1. The number of rotatable bonds is 14. The number of carboxylic acid groups (broad SMARTS) is 3. The molecule has 3 rings (SSSR count). The fourth-order valence-corrected chi connectivity index (χ4v) is 5.49. The Morgan fingerprint density at radius 1 is 0.946 bits per heavy atom. The van der Waals surface area contributed by atoms with Crippen LogP contribution in [0.1, 0.15) is 51.0 Å². The summed E-state index contributed by atoms with van der Waals surface area (Å²) in [6.45, 7) is 2.49. The number of fused-ring (bicyclic) bond motifs is 2. The Labute approximate surface area is 214 Å². The van der Waals surface area contributed by atoms with Gasteiger partial charge in [-0.3, -0.25) is 14.4 Å². The molecule has 0 aromatic heterocycles. The number of benzene rings is 1. The van der Waals surface area contributed by atoms with Gasteiger partial charge in [0.2, 0.25) is 11.8 Å². The van der Waals surface area contributed by atoms with E-state index in [1.54, 1.807) is 12.1 Å². The van der Waals surface area contributed by atoms with Crippen molar-refractivity contribution in [2.45, 2.75) is 64.0 Å². The Morgan fingerprint density at radius 2 is 1.57 bits per heavy atom. The van der Waals surface area contributed by atoms with Crippen LogP contribution in [0.3, 0.4) is 0 Å². The highest BCUT2D eigenvalue weighted by atomic mass is 16.5. The summed E-state index contributed by atoms with van der Waals surface area (Å²) in [6.07, 6.45) is 3.06. The Hall–Kier alpha value is -3.63. The van der Waals surface area contributed by atoms with Crippen molar-refractivity contribution >= 4 is 29.7 Å². The number of unbranched alkanes of at least 4 members (excludes halogenated alkanes) is 2. The average Bonchev–Trinajstić information content (AvgIpc) is 3.47. The van der Waals surface area contributed by atoms with Gasteiger partial charge in [-0.15, -0.1) is 0 Å². The maximum Gasteiger partial charge on any atom is 0.356 e. The highest BCUT2D eigenvalue weighted by Crippen LogP contribution is 2.52. The molecule has 2 aliphatic carbocycles. The molecule has 1 aromatic carbocycles. The Kier molecular flexibility index (Phi) is 9.48. The summed E-state index contributed by atoms with van der Waals surface area (Å²) in [6, 6.07) is 4.94. The van der Waals surface area contributed by atoms with Crippen molar-refractivity contribution in [3.63, 3.8) is 0 Å². The first-order valence-corrected chi connectivity index (χ1v) is 12.6. The Morgan fingerprint density at radius 3 is 2.14 bits per heavy atom. The van der Waals surface area contributed by atoms with Crippen molar-refractivity contribution in [3.8, 4) is 5.75 Å². The minimum absolute atomic E-state index is 0.00721. The van der Waals surface area contributed by atoms with Crippen molar-refractivity contribution in [1.82, 2.24) is 10.6 Å². The average molecular weight is 519 g/mol. The number of carboxylic acids is 3. The highest BCUT2D eigenvalue weighted by Gasteiger charge is 2.54. The Bertz CT molecular complexity index is 996. The molecule has 0 radical (unpaired) electrons. The summed E-state index contributed by atoms with van der Waals surface area (Å²) in [7, 11) is 0. The molecular formula is C26H34N2O9. The molecule has 0 aliphatic heterocycles. The lowest BCUT2D eigenvalue weighted by Crippen LogP contribution is -2.52. The van der Waals surface area contributed by atoms with Crippen LogP contribution >= 0.6 is 0 Å². The van der Waals surface area contributed by atoms with Gasteiger partial charge in [0, 0.05) is 13.0 Å². The molecule has 2 bridgehead atoms. The molecule has 5 unspecified atom stereocenters. The van der Waals surface area contributed by atoms with Crippen LogP contribution in [0.25, 0.3) is 0 Å². The van der Waals surface area contributed by atoms with Gasteiger partial charge in [-0.25, -0.2) is 9.59 Å². The lowest BCUT2D eigenvalue weighted by atomic mass is 9.78. The van der Waals surface area contributed by atoms with Crippen LogP contribution in [-0.2, 0) is 30.4 Å². The SMILES string of the molecule is CCCCCNC(=O)C(Cc1ccc(OC(C(=O)O)C(=O)O)cc1)NC(=O)C1C2CCC(C2)C1C(=O)O. The summed E-state index contributed by atoms with van der Waals surface area (Å²) in [5.74, 6) is -6.50. The fraction of sp³-hybridized carbons (Fsp3) is 0.577. The maximum absolute atomic E-state index is 13.2. The van der Waals surface area contributed by atoms with Crippen LogP contribution < -0.4 is 15.4 Å². The van der Waals surface area contributed by atoms with E-state index in [1.807, 2.05) is 6.92 Å². The third kappa shape index (κ3) is 6.99. The first-order chi connectivity index (χ1) is 17.6. The lowest BCUT2D eigenvalue weighted by molar-refractivity contribution is -0.159. The number of hydrogen-bond donors (Lipinski definition) is 5. The van der Waals surface area contributed by atoms with Crippen LogP contribution in [0.5, 0.6) is 5.75 Å². The second kappa shape index (κ2) is 12.6. The number of aliphatic carboxylic acids is 3. The topological polar surface area (TPSA) is 179 Å². The minimum atomic E-state index is -2.06. The van der Waals surface area contributed by atoms with Crippen molar-refractivity contribution in [1.29, 1.82) is 0 Å². The van der Waals surface area contributed by atoms with E-state index in [4.69, 9.17) is 14.9 Å². The molecule has 0 saturated heterocycles. The Balaban J connectivity index is 1.72. The largest absolute Gasteiger partial charge is 0.481 e. The third-order valence-electron chi connectivity index (χ3n) is 7.28. The molecule has 5 N–H and O–H groups in total. The molecule has 37 heavy (non-hydrogen) atoms. The molecular weight excluding hydrogens is 484 g/mol. The summed E-state index contributed by atoms with van der Waals surface area (Å²) in [5, 5.41) is 33.3. The van der Waals surface area contributed by atoms with Gasteiger partial charge in [-0.1, -0.05) is 31.9 Å². The predicted octanol–water partition coefficient (Wildman–Crippen LogP) is 1.68. The molecule has 0 heterocycles. The van der Waals surface area contributed by atoms with Crippen LogP contribution in [0.2, 0.25) is 0 Å². The zero-order chi connectivity index (χ0) is 27.1. The summed E-state index contributed by atoms with van der Waals surface area (Å²) >= 11 is 0. The van der Waals surface area contributed by atoms with Gasteiger partial charge >= 0.3 is 17.9 Å². The molecule has 11 heteroatoms. The molecule has 5 atom stereocenters. The first-order valence-electron chi connectivity index (χ1n) is 12.6. The van der Waals surface area contributed by atoms with Crippen molar-refractivity contribution in [3.05, 3.63) is 29.8 Å². The zero-order valence-electron chi connectivity index (χ0n) is 20.7. The van der Waals surface area contributed by atoms with Crippen molar-refractivity contribution in [2.75, 3.05) is 6.54 Å². The lowest BCUT2D eigenvalue weighted by Gasteiger charge is -2.29. The standard InChI is InChI=1S/C26H34N2O9/c1-2-3-4-11-27-22(29)18(28-23(30)19-15-7-8-16(13-15)20(19)24(31)32)12-14-5-9-17(10-6-14)37-21(25(33)34)26(35)36/h5-6,9-10,15-16,18-21H,2-4,7-8,11-13H2,1H3,(H,27,29)(H,28,30)(H,31,32)(H,33,34)(H,35,36). The van der Waals surface area contributed by atoms with Gasteiger partial charge in [0.15, 0.2) is 0 Å². The molecule has 202 valence electrons. The van der Waals surface area contributed by atoms with E-state index in [0.717, 1.165) is 32.1 Å². The second-order valence-corrected chi connectivity index (χ2v) is 9.80. The zero-order valence-corrected chi connectivity index (χ0v) is 20.7. The molecule has 0 spiro atoms. The van der Waals surface area contributed by atoms with E-state index in [1.165, 1.54) is 12.1 Å². The van der Waals surface area contributed by atoms with Gasteiger partial charge in [-0.05, 0) is 55.2 Å². The quantitative estimate of drug-likeness (QED) is 0.181. The normalized spacial score (nSPS) is 22.9. The summed E-state index contributed by atoms with van der Waals surface area (Å²) in [4.78, 5) is 60.2. The van der Waals surface area contributed by atoms with Crippen molar-refractivity contribution in [2.24, 2.45) is 23.7 Å². The fourth-order valence-electron chi connectivity index (χ4n) is 5.49. The molecule has 1 aromatic rings. The molecule has 2 aliphatic rings.